The fraction of sp³-hybridized carbons (Fsp3) is 0.250. The first-order valence-corrected chi connectivity index (χ1v) is 7.44. The van der Waals surface area contributed by atoms with Crippen LogP contribution in [0.5, 0.6) is 0 Å². The number of rotatable bonds is 4. The van der Waals surface area contributed by atoms with Gasteiger partial charge in [0.2, 0.25) is 0 Å². The first kappa shape index (κ1) is 12.5. The standard InChI is InChI=1S/C8H11NO4S2/c1-15(12,13)14-6-7-2-4-8(5-3-7)9(10)11/h2-5,9-10H,6H2,1H3. The molecular formula is C8H11NO4S2. The van der Waals surface area contributed by atoms with Crippen LogP contribution in [0.1, 0.15) is 5.56 Å². The van der Waals surface area contributed by atoms with Gasteiger partial charge in [-0.2, -0.15) is 5.23 Å². The minimum atomic E-state index is -3.05. The summed E-state index contributed by atoms with van der Waals surface area (Å²) in [6.07, 6.45) is 1.14. The molecule has 1 aromatic carbocycles. The van der Waals surface area contributed by atoms with Gasteiger partial charge in [-0.1, -0.05) is 12.1 Å². The van der Waals surface area contributed by atoms with Crippen molar-refractivity contribution in [2.75, 3.05) is 6.26 Å². The van der Waals surface area contributed by atoms with Gasteiger partial charge >= 0.3 is 0 Å². The quantitative estimate of drug-likeness (QED) is 0.592. The lowest BCUT2D eigenvalue weighted by Gasteiger charge is -2.11. The monoisotopic (exact) mass is 249 g/mol. The minimum absolute atomic E-state index is 0.197. The van der Waals surface area contributed by atoms with E-state index < -0.39 is 14.1 Å². The molecule has 0 heterocycles. The molecule has 1 rings (SSSR count). The highest BCUT2D eigenvalue weighted by Gasteiger charge is 2.04. The van der Waals surface area contributed by atoms with Crippen LogP contribution in [-0.2, 0) is 14.6 Å². The van der Waals surface area contributed by atoms with E-state index in [1.807, 2.05) is 0 Å². The highest BCUT2D eigenvalue weighted by Crippen LogP contribution is 2.18. The molecule has 84 valence electrons. The molecule has 0 fully saturated rings. The van der Waals surface area contributed by atoms with E-state index in [1.165, 1.54) is 12.1 Å². The molecule has 1 atom stereocenters. The molecule has 0 spiro atoms. The van der Waals surface area contributed by atoms with E-state index in [4.69, 9.17) is 5.21 Å². The number of benzene rings is 1. The summed E-state index contributed by atoms with van der Waals surface area (Å²) in [6.45, 7) is 0. The van der Waals surface area contributed by atoms with E-state index in [-0.39, 0.29) is 5.69 Å². The molecule has 0 radical (unpaired) electrons. The van der Waals surface area contributed by atoms with Gasteiger partial charge in [-0.25, -0.2) is 13.6 Å². The van der Waals surface area contributed by atoms with E-state index >= 15 is 0 Å². The van der Waals surface area contributed by atoms with Gasteiger partial charge in [0.25, 0.3) is 0 Å². The second-order valence-corrected chi connectivity index (χ2v) is 7.42. The maximum absolute atomic E-state index is 10.8. The Morgan fingerprint density at radius 1 is 1.40 bits per heavy atom. The molecule has 1 aromatic rings. The van der Waals surface area contributed by atoms with Crippen molar-refractivity contribution < 1.29 is 18.9 Å². The third kappa shape index (κ3) is 4.63. The van der Waals surface area contributed by atoms with Gasteiger partial charge in [0, 0.05) is 24.1 Å². The Morgan fingerprint density at radius 3 is 2.33 bits per heavy atom. The van der Waals surface area contributed by atoms with Crippen molar-refractivity contribution in [3.63, 3.8) is 0 Å². The smallest absolute Gasteiger partial charge is 0.199 e. The number of hydrogen-bond donors (Lipinski definition) is 2. The van der Waals surface area contributed by atoms with Gasteiger partial charge < -0.3 is 5.21 Å². The SMILES string of the molecule is CS(=O)(=O)SCc1ccc([NH+]([O-])O)cc1. The van der Waals surface area contributed by atoms with E-state index in [0.29, 0.717) is 5.75 Å². The molecular weight excluding hydrogens is 238 g/mol. The van der Waals surface area contributed by atoms with Gasteiger partial charge in [-0.3, -0.25) is 0 Å². The maximum Gasteiger partial charge on any atom is 0.199 e. The van der Waals surface area contributed by atoms with Crippen LogP contribution in [0.15, 0.2) is 24.3 Å². The Labute approximate surface area is 91.6 Å². The Bertz CT molecular complexity index is 413. The van der Waals surface area contributed by atoms with Crippen LogP contribution >= 0.6 is 10.8 Å². The zero-order valence-electron chi connectivity index (χ0n) is 8.00. The third-order valence-electron chi connectivity index (χ3n) is 1.64. The molecule has 1 unspecified atom stereocenters. The highest BCUT2D eigenvalue weighted by molar-refractivity contribution is 8.71. The molecule has 5 nitrogen and oxygen atoms in total. The largest absolute Gasteiger partial charge is 0.595 e. The Kier molecular flexibility index (Phi) is 4.12. The van der Waals surface area contributed by atoms with Gasteiger partial charge in [-0.15, -0.1) is 0 Å². The van der Waals surface area contributed by atoms with Crippen molar-refractivity contribution in [3.05, 3.63) is 35.0 Å². The van der Waals surface area contributed by atoms with Crippen LogP contribution in [0.2, 0.25) is 0 Å². The topological polar surface area (TPSA) is 81.9 Å². The number of hydrogen-bond acceptors (Lipinski definition) is 5. The van der Waals surface area contributed by atoms with Gasteiger partial charge in [0.05, 0.1) is 0 Å². The first-order valence-electron chi connectivity index (χ1n) is 4.05. The Morgan fingerprint density at radius 2 is 1.93 bits per heavy atom. The zero-order chi connectivity index (χ0) is 11.5. The van der Waals surface area contributed by atoms with Crippen LogP contribution in [0.3, 0.4) is 0 Å². The van der Waals surface area contributed by atoms with Crippen LogP contribution in [0.25, 0.3) is 0 Å². The molecule has 0 aromatic heterocycles. The van der Waals surface area contributed by atoms with E-state index in [0.717, 1.165) is 22.6 Å². The van der Waals surface area contributed by atoms with E-state index in [2.05, 4.69) is 0 Å². The lowest BCUT2D eigenvalue weighted by molar-refractivity contribution is -0.991. The summed E-state index contributed by atoms with van der Waals surface area (Å²) in [5, 5.41) is 18.2. The van der Waals surface area contributed by atoms with Crippen molar-refractivity contribution in [2.45, 2.75) is 5.75 Å². The van der Waals surface area contributed by atoms with Crippen molar-refractivity contribution in [2.24, 2.45) is 0 Å². The lowest BCUT2D eigenvalue weighted by atomic mass is 10.2. The summed E-state index contributed by atoms with van der Waals surface area (Å²) in [5.74, 6) is 0.332. The predicted octanol–water partition coefficient (Wildman–Crippen LogP) is 0.283. The molecule has 0 aliphatic rings. The fourth-order valence-electron chi connectivity index (χ4n) is 0.919. The second kappa shape index (κ2) is 4.95. The summed E-state index contributed by atoms with van der Waals surface area (Å²) in [6, 6.07) is 6.14. The third-order valence-corrected chi connectivity index (χ3v) is 4.16. The summed E-state index contributed by atoms with van der Waals surface area (Å²) in [5.41, 5.74) is 0.985. The van der Waals surface area contributed by atoms with Gasteiger partial charge in [0.15, 0.2) is 14.6 Å². The van der Waals surface area contributed by atoms with Crippen molar-refractivity contribution >= 4 is 25.4 Å². The van der Waals surface area contributed by atoms with Crippen molar-refractivity contribution in [1.29, 1.82) is 0 Å². The number of quaternary nitrogens is 1. The average molecular weight is 249 g/mol. The average Bonchev–Trinajstić information content (AvgIpc) is 2.14. The van der Waals surface area contributed by atoms with Gasteiger partial charge in [0.1, 0.15) is 0 Å². The molecule has 0 bridgehead atoms. The molecule has 2 N–H and O–H groups in total. The summed E-state index contributed by atoms with van der Waals surface area (Å²) in [4.78, 5) is 0. The fourth-order valence-corrected chi connectivity index (χ4v) is 2.51. The number of nitrogens with one attached hydrogen (secondary N) is 1. The molecule has 0 saturated carbocycles. The molecule has 0 saturated heterocycles. The molecule has 0 amide bonds. The van der Waals surface area contributed by atoms with Gasteiger partial charge in [-0.05, 0) is 16.4 Å². The predicted molar refractivity (Wildman–Crippen MR) is 58.4 cm³/mol. The Hall–Kier alpha value is -0.600. The van der Waals surface area contributed by atoms with Crippen LogP contribution < -0.4 is 5.23 Å². The van der Waals surface area contributed by atoms with E-state index in [1.54, 1.807) is 12.1 Å². The molecule has 15 heavy (non-hydrogen) atoms. The van der Waals surface area contributed by atoms with E-state index in [9.17, 15) is 13.6 Å². The Balaban J connectivity index is 2.65. The summed E-state index contributed by atoms with van der Waals surface area (Å²) >= 11 is 0. The van der Waals surface area contributed by atoms with Crippen LogP contribution in [0.4, 0.5) is 5.69 Å². The van der Waals surface area contributed by atoms with Crippen molar-refractivity contribution in [3.8, 4) is 0 Å². The second-order valence-electron chi connectivity index (χ2n) is 2.97. The normalized spacial score (nSPS) is 13.8. The maximum atomic E-state index is 10.8. The minimum Gasteiger partial charge on any atom is -0.595 e. The molecule has 0 aliphatic carbocycles. The highest BCUT2D eigenvalue weighted by atomic mass is 33.1. The zero-order valence-corrected chi connectivity index (χ0v) is 9.64. The van der Waals surface area contributed by atoms with Crippen LogP contribution in [-0.4, -0.2) is 19.9 Å². The molecule has 7 heteroatoms. The first-order chi connectivity index (χ1) is 6.88. The van der Waals surface area contributed by atoms with Crippen molar-refractivity contribution in [1.82, 2.24) is 0 Å². The summed E-state index contributed by atoms with van der Waals surface area (Å²) < 4.78 is 21.7. The van der Waals surface area contributed by atoms with Crippen LogP contribution in [0, 0.1) is 5.21 Å². The lowest BCUT2D eigenvalue weighted by Crippen LogP contribution is -2.99. The molecule has 0 aliphatic heterocycles. The summed E-state index contributed by atoms with van der Waals surface area (Å²) in [7, 11) is -2.22.